The van der Waals surface area contributed by atoms with E-state index in [1.165, 1.54) is 0 Å². The van der Waals surface area contributed by atoms with Gasteiger partial charge < -0.3 is 25.6 Å². The number of piperidine rings is 1. The third-order valence-electron chi connectivity index (χ3n) is 4.54. The molecule has 148 valence electrons. The van der Waals surface area contributed by atoms with Gasteiger partial charge in [-0.15, -0.1) is 6.58 Å². The van der Waals surface area contributed by atoms with Crippen LogP contribution in [0.5, 0.6) is 0 Å². The molecular formula is C20H30N4O3. The van der Waals surface area contributed by atoms with Gasteiger partial charge in [0.05, 0.1) is 5.56 Å². The first-order valence-corrected chi connectivity index (χ1v) is 9.42. The number of hydrogen-bond acceptors (Lipinski definition) is 4. The normalized spacial score (nSPS) is 14.5. The van der Waals surface area contributed by atoms with Crippen molar-refractivity contribution in [3.8, 4) is 0 Å². The molecule has 7 nitrogen and oxygen atoms in total. The fraction of sp³-hybridized carbons (Fsp3) is 0.500. The molecule has 1 aromatic rings. The number of amides is 3. The molecule has 3 N–H and O–H groups in total. The highest BCUT2D eigenvalue weighted by Gasteiger charge is 2.23. The van der Waals surface area contributed by atoms with E-state index < -0.39 is 0 Å². The number of anilines is 1. The Bertz CT molecular complexity index is 627. The molecule has 0 aromatic heterocycles. The fourth-order valence-corrected chi connectivity index (χ4v) is 3.12. The predicted octanol–water partition coefficient (Wildman–Crippen LogP) is 1.91. The molecule has 0 atom stereocenters. The maximum atomic E-state index is 12.5. The number of para-hydroxylation sites is 1. The summed E-state index contributed by atoms with van der Waals surface area (Å²) in [6.45, 7) is 6.84. The molecule has 0 bridgehead atoms. The minimum Gasteiger partial charge on any atom is -0.385 e. The van der Waals surface area contributed by atoms with E-state index in [-0.39, 0.29) is 18.0 Å². The highest BCUT2D eigenvalue weighted by molar-refractivity contribution is 5.99. The Balaban J connectivity index is 1.89. The zero-order chi connectivity index (χ0) is 19.5. The standard InChI is InChI=1S/C20H30N4O3/c1-3-11-22-20(26)23-16-9-13-24(14-10-16)18-8-5-4-7-17(18)19(25)21-12-6-15-27-2/h3-5,7-8,16H,1,6,9-15H2,2H3,(H,21,25)(H2,22,23,26). The van der Waals surface area contributed by atoms with E-state index in [0.29, 0.717) is 25.3 Å². The summed E-state index contributed by atoms with van der Waals surface area (Å²) in [6, 6.07) is 7.64. The summed E-state index contributed by atoms with van der Waals surface area (Å²) < 4.78 is 5.01. The lowest BCUT2D eigenvalue weighted by atomic mass is 10.0. The summed E-state index contributed by atoms with van der Waals surface area (Å²) in [4.78, 5) is 26.5. The molecule has 0 radical (unpaired) electrons. The zero-order valence-electron chi connectivity index (χ0n) is 16.0. The Morgan fingerprint density at radius 1 is 1.26 bits per heavy atom. The maximum Gasteiger partial charge on any atom is 0.315 e. The second kappa shape index (κ2) is 11.2. The summed E-state index contributed by atoms with van der Waals surface area (Å²) in [6.07, 6.45) is 4.12. The highest BCUT2D eigenvalue weighted by atomic mass is 16.5. The van der Waals surface area contributed by atoms with E-state index in [9.17, 15) is 9.59 Å². The number of methoxy groups -OCH3 is 1. The second-order valence-corrected chi connectivity index (χ2v) is 6.52. The van der Waals surface area contributed by atoms with Crippen molar-refractivity contribution in [2.45, 2.75) is 25.3 Å². The van der Waals surface area contributed by atoms with Crippen LogP contribution in [0.2, 0.25) is 0 Å². The van der Waals surface area contributed by atoms with Crippen molar-refractivity contribution < 1.29 is 14.3 Å². The highest BCUT2D eigenvalue weighted by Crippen LogP contribution is 2.24. The third-order valence-corrected chi connectivity index (χ3v) is 4.54. The van der Waals surface area contributed by atoms with Crippen LogP contribution in [0.3, 0.4) is 0 Å². The van der Waals surface area contributed by atoms with Crippen molar-refractivity contribution >= 4 is 17.6 Å². The van der Waals surface area contributed by atoms with Crippen molar-refractivity contribution in [2.75, 3.05) is 44.8 Å². The molecule has 27 heavy (non-hydrogen) atoms. The minimum absolute atomic E-state index is 0.0641. The molecule has 1 aromatic carbocycles. The Kier molecular flexibility index (Phi) is 8.64. The molecule has 0 spiro atoms. The predicted molar refractivity (Wildman–Crippen MR) is 107 cm³/mol. The number of benzene rings is 1. The van der Waals surface area contributed by atoms with Gasteiger partial charge in [-0.1, -0.05) is 18.2 Å². The van der Waals surface area contributed by atoms with Gasteiger partial charge in [0.2, 0.25) is 0 Å². The molecule has 1 heterocycles. The van der Waals surface area contributed by atoms with E-state index in [1.54, 1.807) is 13.2 Å². The van der Waals surface area contributed by atoms with Gasteiger partial charge in [-0.25, -0.2) is 4.79 Å². The SMILES string of the molecule is C=CCNC(=O)NC1CCN(c2ccccc2C(=O)NCCCOC)CC1. The van der Waals surface area contributed by atoms with E-state index >= 15 is 0 Å². The number of hydrogen-bond donors (Lipinski definition) is 3. The van der Waals surface area contributed by atoms with Gasteiger partial charge in [-0.2, -0.15) is 0 Å². The van der Waals surface area contributed by atoms with Crippen LogP contribution in [0.25, 0.3) is 0 Å². The van der Waals surface area contributed by atoms with Crippen LogP contribution in [0, 0.1) is 0 Å². The smallest absolute Gasteiger partial charge is 0.315 e. The Hall–Kier alpha value is -2.54. The van der Waals surface area contributed by atoms with Crippen LogP contribution in [-0.4, -0.2) is 57.9 Å². The summed E-state index contributed by atoms with van der Waals surface area (Å²) in [7, 11) is 1.65. The third kappa shape index (κ3) is 6.60. The van der Waals surface area contributed by atoms with E-state index in [2.05, 4.69) is 27.4 Å². The van der Waals surface area contributed by atoms with Gasteiger partial charge in [0.15, 0.2) is 0 Å². The summed E-state index contributed by atoms with van der Waals surface area (Å²) in [5.41, 5.74) is 1.63. The monoisotopic (exact) mass is 374 g/mol. The number of rotatable bonds is 9. The lowest BCUT2D eigenvalue weighted by Crippen LogP contribution is -2.48. The summed E-state index contributed by atoms with van der Waals surface area (Å²) >= 11 is 0. The molecule has 1 aliphatic heterocycles. The number of nitrogens with one attached hydrogen (secondary N) is 3. The summed E-state index contributed by atoms with van der Waals surface area (Å²) in [5, 5.41) is 8.67. The summed E-state index contributed by atoms with van der Waals surface area (Å²) in [5.74, 6) is -0.0641. The van der Waals surface area contributed by atoms with E-state index in [1.807, 2.05) is 24.3 Å². The van der Waals surface area contributed by atoms with Gasteiger partial charge >= 0.3 is 6.03 Å². The van der Waals surface area contributed by atoms with Gasteiger partial charge in [-0.3, -0.25) is 4.79 Å². The number of nitrogens with zero attached hydrogens (tertiary/aromatic N) is 1. The average molecular weight is 374 g/mol. The van der Waals surface area contributed by atoms with Gasteiger partial charge in [0.25, 0.3) is 5.91 Å². The topological polar surface area (TPSA) is 82.7 Å². The molecule has 3 amide bonds. The lowest BCUT2D eigenvalue weighted by Gasteiger charge is -2.34. The molecule has 0 unspecified atom stereocenters. The average Bonchev–Trinajstić information content (AvgIpc) is 2.70. The van der Waals surface area contributed by atoms with Crippen LogP contribution < -0.4 is 20.9 Å². The van der Waals surface area contributed by atoms with E-state index in [0.717, 1.165) is 38.0 Å². The Morgan fingerprint density at radius 3 is 2.70 bits per heavy atom. The molecule has 2 rings (SSSR count). The Labute approximate surface area is 161 Å². The Morgan fingerprint density at radius 2 is 2.00 bits per heavy atom. The quantitative estimate of drug-likeness (QED) is 0.455. The van der Waals surface area contributed by atoms with Crippen molar-refractivity contribution in [3.63, 3.8) is 0 Å². The van der Waals surface area contributed by atoms with Crippen molar-refractivity contribution in [1.82, 2.24) is 16.0 Å². The lowest BCUT2D eigenvalue weighted by molar-refractivity contribution is 0.0949. The van der Waals surface area contributed by atoms with Crippen molar-refractivity contribution in [2.24, 2.45) is 0 Å². The number of carbonyl (C=O) groups excluding carboxylic acids is 2. The van der Waals surface area contributed by atoms with E-state index in [4.69, 9.17) is 4.74 Å². The van der Waals surface area contributed by atoms with Crippen molar-refractivity contribution in [3.05, 3.63) is 42.5 Å². The van der Waals surface area contributed by atoms with Crippen LogP contribution in [0.4, 0.5) is 10.5 Å². The fourth-order valence-electron chi connectivity index (χ4n) is 3.12. The largest absolute Gasteiger partial charge is 0.385 e. The molecule has 7 heteroatoms. The molecular weight excluding hydrogens is 344 g/mol. The van der Waals surface area contributed by atoms with Crippen LogP contribution in [0.15, 0.2) is 36.9 Å². The first kappa shape index (κ1) is 20.8. The first-order valence-electron chi connectivity index (χ1n) is 9.42. The number of carbonyl (C=O) groups is 2. The maximum absolute atomic E-state index is 12.5. The molecule has 1 fully saturated rings. The van der Waals surface area contributed by atoms with Crippen LogP contribution >= 0.6 is 0 Å². The van der Waals surface area contributed by atoms with Gasteiger partial charge in [0.1, 0.15) is 0 Å². The van der Waals surface area contributed by atoms with Crippen molar-refractivity contribution in [1.29, 1.82) is 0 Å². The first-order chi connectivity index (χ1) is 13.2. The zero-order valence-corrected chi connectivity index (χ0v) is 16.0. The number of urea groups is 1. The molecule has 1 saturated heterocycles. The van der Waals surface area contributed by atoms with Crippen LogP contribution in [-0.2, 0) is 4.74 Å². The van der Waals surface area contributed by atoms with Gasteiger partial charge in [-0.05, 0) is 31.4 Å². The number of ether oxygens (including phenoxy) is 1. The molecule has 0 saturated carbocycles. The van der Waals surface area contributed by atoms with Gasteiger partial charge in [0, 0.05) is 51.6 Å². The second-order valence-electron chi connectivity index (χ2n) is 6.52. The molecule has 1 aliphatic rings. The van der Waals surface area contributed by atoms with Crippen LogP contribution in [0.1, 0.15) is 29.6 Å². The minimum atomic E-state index is -0.163. The molecule has 0 aliphatic carbocycles.